The molecule has 1 heterocycles. The lowest BCUT2D eigenvalue weighted by atomic mass is 10.1. The summed E-state index contributed by atoms with van der Waals surface area (Å²) in [5.41, 5.74) is 2.80. The van der Waals surface area contributed by atoms with Crippen molar-refractivity contribution >= 4 is 11.7 Å². The van der Waals surface area contributed by atoms with Gasteiger partial charge < -0.3 is 15.4 Å². The van der Waals surface area contributed by atoms with Crippen LogP contribution in [0.3, 0.4) is 0 Å². The summed E-state index contributed by atoms with van der Waals surface area (Å²) in [6.07, 6.45) is 3.64. The predicted octanol–water partition coefficient (Wildman–Crippen LogP) is 4.06. The first-order valence-corrected chi connectivity index (χ1v) is 9.40. The zero-order valence-electron chi connectivity index (χ0n) is 16.0. The highest BCUT2D eigenvalue weighted by Gasteiger charge is 2.08. The average Bonchev–Trinajstić information content (AvgIpc) is 2.76. The lowest BCUT2D eigenvalue weighted by Crippen LogP contribution is -2.23. The standard InChI is InChI=1S/C23H25N3O2/c1-28-21-12-6-5-11-19(21)16-26-23(27)20-13-14-22(25-17-20)24-15-7-10-18-8-3-2-4-9-18/h2-6,8-9,11-14,17H,7,10,15-16H2,1H3,(H,24,25)(H,26,27). The highest BCUT2D eigenvalue weighted by molar-refractivity contribution is 5.94. The number of benzene rings is 2. The van der Waals surface area contributed by atoms with E-state index in [0.29, 0.717) is 12.1 Å². The van der Waals surface area contributed by atoms with Crippen molar-refractivity contribution in [1.29, 1.82) is 0 Å². The SMILES string of the molecule is COc1ccccc1CNC(=O)c1ccc(NCCCc2ccccc2)nc1. The van der Waals surface area contributed by atoms with Crippen molar-refractivity contribution in [3.8, 4) is 5.75 Å². The summed E-state index contributed by atoms with van der Waals surface area (Å²) >= 11 is 0. The van der Waals surface area contributed by atoms with Gasteiger partial charge in [0.1, 0.15) is 11.6 Å². The Kier molecular flexibility index (Phi) is 7.01. The Balaban J connectivity index is 1.45. The molecule has 1 amide bonds. The van der Waals surface area contributed by atoms with Gasteiger partial charge in [0.25, 0.3) is 5.91 Å². The van der Waals surface area contributed by atoms with Crippen molar-refractivity contribution in [3.63, 3.8) is 0 Å². The van der Waals surface area contributed by atoms with Crippen LogP contribution in [0.15, 0.2) is 72.9 Å². The van der Waals surface area contributed by atoms with Crippen LogP contribution in [0.2, 0.25) is 0 Å². The van der Waals surface area contributed by atoms with E-state index in [4.69, 9.17) is 4.74 Å². The van der Waals surface area contributed by atoms with Gasteiger partial charge in [-0.15, -0.1) is 0 Å². The molecule has 144 valence electrons. The maximum Gasteiger partial charge on any atom is 0.253 e. The molecule has 0 aliphatic heterocycles. The van der Waals surface area contributed by atoms with Crippen LogP contribution in [0, 0.1) is 0 Å². The molecule has 3 rings (SSSR count). The van der Waals surface area contributed by atoms with E-state index < -0.39 is 0 Å². The van der Waals surface area contributed by atoms with Crippen LogP contribution in [0.25, 0.3) is 0 Å². The Morgan fingerprint density at radius 1 is 1.00 bits per heavy atom. The number of nitrogens with one attached hydrogen (secondary N) is 2. The minimum absolute atomic E-state index is 0.158. The fourth-order valence-corrected chi connectivity index (χ4v) is 2.91. The van der Waals surface area contributed by atoms with Crippen LogP contribution in [0.5, 0.6) is 5.75 Å². The summed E-state index contributed by atoms with van der Waals surface area (Å²) in [6, 6.07) is 21.7. The summed E-state index contributed by atoms with van der Waals surface area (Å²) in [7, 11) is 1.62. The van der Waals surface area contributed by atoms with Crippen molar-refractivity contribution in [2.75, 3.05) is 19.0 Å². The van der Waals surface area contributed by atoms with E-state index in [1.54, 1.807) is 19.4 Å². The fraction of sp³-hybridized carbons (Fsp3) is 0.217. The zero-order valence-corrected chi connectivity index (χ0v) is 16.0. The number of aryl methyl sites for hydroxylation is 1. The Morgan fingerprint density at radius 3 is 2.54 bits per heavy atom. The molecule has 0 saturated heterocycles. The topological polar surface area (TPSA) is 63.2 Å². The number of anilines is 1. The Bertz CT molecular complexity index is 880. The van der Waals surface area contributed by atoms with Gasteiger partial charge in [0.2, 0.25) is 0 Å². The monoisotopic (exact) mass is 375 g/mol. The number of hydrogen-bond donors (Lipinski definition) is 2. The first-order chi connectivity index (χ1) is 13.8. The number of aromatic nitrogens is 1. The van der Waals surface area contributed by atoms with Crippen LogP contribution in [0.4, 0.5) is 5.82 Å². The number of ether oxygens (including phenoxy) is 1. The van der Waals surface area contributed by atoms with E-state index in [1.165, 1.54) is 5.56 Å². The molecule has 0 aliphatic rings. The van der Waals surface area contributed by atoms with Gasteiger partial charge in [-0.2, -0.15) is 0 Å². The molecule has 0 saturated carbocycles. The van der Waals surface area contributed by atoms with Gasteiger partial charge in [0, 0.05) is 24.8 Å². The lowest BCUT2D eigenvalue weighted by molar-refractivity contribution is 0.0950. The van der Waals surface area contributed by atoms with Gasteiger partial charge >= 0.3 is 0 Å². The van der Waals surface area contributed by atoms with Crippen molar-refractivity contribution in [2.45, 2.75) is 19.4 Å². The number of carbonyl (C=O) groups is 1. The minimum Gasteiger partial charge on any atom is -0.496 e. The van der Waals surface area contributed by atoms with Crippen LogP contribution in [-0.2, 0) is 13.0 Å². The number of nitrogens with zero attached hydrogens (tertiary/aromatic N) is 1. The second kappa shape index (κ2) is 10.1. The first kappa shape index (κ1) is 19.4. The van der Waals surface area contributed by atoms with Crippen molar-refractivity contribution in [2.24, 2.45) is 0 Å². The minimum atomic E-state index is -0.158. The van der Waals surface area contributed by atoms with Crippen molar-refractivity contribution in [3.05, 3.63) is 89.6 Å². The molecule has 28 heavy (non-hydrogen) atoms. The smallest absolute Gasteiger partial charge is 0.253 e. The molecule has 3 aromatic rings. The average molecular weight is 375 g/mol. The summed E-state index contributed by atoms with van der Waals surface area (Å²) in [5, 5.41) is 6.20. The number of para-hydroxylation sites is 1. The lowest BCUT2D eigenvalue weighted by Gasteiger charge is -2.10. The third-order valence-electron chi connectivity index (χ3n) is 4.45. The number of amides is 1. The third kappa shape index (κ3) is 5.58. The van der Waals surface area contributed by atoms with Gasteiger partial charge in [-0.25, -0.2) is 4.98 Å². The molecule has 0 aliphatic carbocycles. The second-order valence-corrected chi connectivity index (χ2v) is 6.44. The van der Waals surface area contributed by atoms with Gasteiger partial charge in [-0.3, -0.25) is 4.79 Å². The van der Waals surface area contributed by atoms with E-state index in [-0.39, 0.29) is 5.91 Å². The molecule has 5 nitrogen and oxygen atoms in total. The Labute approximate surface area is 165 Å². The van der Waals surface area contributed by atoms with Gasteiger partial charge in [-0.1, -0.05) is 48.5 Å². The molecule has 0 fully saturated rings. The molecule has 0 radical (unpaired) electrons. The first-order valence-electron chi connectivity index (χ1n) is 9.40. The normalized spacial score (nSPS) is 10.3. The molecule has 0 bridgehead atoms. The summed E-state index contributed by atoms with van der Waals surface area (Å²) in [5.74, 6) is 1.37. The summed E-state index contributed by atoms with van der Waals surface area (Å²) in [4.78, 5) is 16.7. The van der Waals surface area contributed by atoms with E-state index in [9.17, 15) is 4.79 Å². The Morgan fingerprint density at radius 2 is 1.79 bits per heavy atom. The molecule has 2 aromatic carbocycles. The van der Waals surface area contributed by atoms with Gasteiger partial charge in [0.05, 0.1) is 12.7 Å². The number of methoxy groups -OCH3 is 1. The van der Waals surface area contributed by atoms with Gasteiger partial charge in [-0.05, 0) is 36.6 Å². The van der Waals surface area contributed by atoms with Gasteiger partial charge in [0.15, 0.2) is 0 Å². The highest BCUT2D eigenvalue weighted by atomic mass is 16.5. The van der Waals surface area contributed by atoms with E-state index in [2.05, 4.69) is 39.9 Å². The predicted molar refractivity (Wildman–Crippen MR) is 112 cm³/mol. The van der Waals surface area contributed by atoms with E-state index in [1.807, 2.05) is 36.4 Å². The number of rotatable bonds is 9. The quantitative estimate of drug-likeness (QED) is 0.554. The Hall–Kier alpha value is -3.34. The van der Waals surface area contributed by atoms with Crippen LogP contribution in [0.1, 0.15) is 27.9 Å². The summed E-state index contributed by atoms with van der Waals surface area (Å²) in [6.45, 7) is 1.24. The largest absolute Gasteiger partial charge is 0.496 e. The number of carbonyl (C=O) groups excluding carboxylic acids is 1. The molecule has 0 spiro atoms. The molecule has 2 N–H and O–H groups in total. The molecule has 5 heteroatoms. The van der Waals surface area contributed by atoms with Crippen LogP contribution >= 0.6 is 0 Å². The third-order valence-corrected chi connectivity index (χ3v) is 4.45. The zero-order chi connectivity index (χ0) is 19.6. The molecule has 0 atom stereocenters. The van der Waals surface area contributed by atoms with E-state index >= 15 is 0 Å². The van der Waals surface area contributed by atoms with E-state index in [0.717, 1.165) is 36.5 Å². The molecule has 1 aromatic heterocycles. The van der Waals surface area contributed by atoms with Crippen LogP contribution in [-0.4, -0.2) is 24.5 Å². The number of pyridine rings is 1. The molecular formula is C23H25N3O2. The second-order valence-electron chi connectivity index (χ2n) is 6.44. The number of hydrogen-bond acceptors (Lipinski definition) is 4. The molecular weight excluding hydrogens is 350 g/mol. The van der Waals surface area contributed by atoms with Crippen LogP contribution < -0.4 is 15.4 Å². The highest BCUT2D eigenvalue weighted by Crippen LogP contribution is 2.17. The fourth-order valence-electron chi connectivity index (χ4n) is 2.91. The van der Waals surface area contributed by atoms with Crippen molar-refractivity contribution < 1.29 is 9.53 Å². The van der Waals surface area contributed by atoms with Crippen molar-refractivity contribution in [1.82, 2.24) is 10.3 Å². The summed E-state index contributed by atoms with van der Waals surface area (Å²) < 4.78 is 5.30. The maximum atomic E-state index is 12.3. The molecule has 0 unspecified atom stereocenters. The maximum absolute atomic E-state index is 12.3.